The maximum absolute atomic E-state index is 12.9. The highest BCUT2D eigenvalue weighted by Gasteiger charge is 2.37. The molecule has 142 valence electrons. The molecule has 0 fully saturated rings. The van der Waals surface area contributed by atoms with Crippen molar-refractivity contribution in [2.75, 3.05) is 27.9 Å². The number of hydrogen-bond acceptors (Lipinski definition) is 4. The smallest absolute Gasteiger partial charge is 0.255 e. The first-order chi connectivity index (χ1) is 11.7. The molecule has 0 aromatic carbocycles. The zero-order valence-corrected chi connectivity index (χ0v) is 17.6. The Morgan fingerprint density at radius 1 is 1.36 bits per heavy atom. The lowest BCUT2D eigenvalue weighted by molar-refractivity contribution is -0.177. The summed E-state index contributed by atoms with van der Waals surface area (Å²) in [6.07, 6.45) is 4.66. The van der Waals surface area contributed by atoms with E-state index in [0.717, 1.165) is 18.4 Å². The molecule has 2 radical (unpaired) electrons. The van der Waals surface area contributed by atoms with Crippen LogP contribution in [0.1, 0.15) is 33.6 Å². The van der Waals surface area contributed by atoms with E-state index in [1.165, 1.54) is 12.2 Å². The topological polar surface area (TPSA) is 48.0 Å². The monoisotopic (exact) mass is 369 g/mol. The number of amides is 1. The first-order valence-corrected chi connectivity index (χ1v) is 10.3. The van der Waals surface area contributed by atoms with Gasteiger partial charge in [0.1, 0.15) is 19.8 Å². The maximum Gasteiger partial charge on any atom is 0.255 e. The number of nitrogens with zero attached hydrogens (tertiary/aromatic N) is 1. The van der Waals surface area contributed by atoms with Crippen LogP contribution in [0.4, 0.5) is 0 Å². The largest absolute Gasteiger partial charge is 0.377 e. The fraction of sp³-hybridized carbons (Fsp3) is 0.722. The van der Waals surface area contributed by atoms with E-state index in [1.54, 1.807) is 26.9 Å². The van der Waals surface area contributed by atoms with Gasteiger partial charge in [-0.1, -0.05) is 31.6 Å². The molecule has 5 nitrogen and oxygen atoms in total. The second-order valence-corrected chi connectivity index (χ2v) is 7.77. The van der Waals surface area contributed by atoms with Gasteiger partial charge in [0.15, 0.2) is 0 Å². The van der Waals surface area contributed by atoms with Crippen molar-refractivity contribution >= 4 is 21.5 Å². The second-order valence-electron chi connectivity index (χ2n) is 6.47. The summed E-state index contributed by atoms with van der Waals surface area (Å²) in [5.41, 5.74) is 0.925. The average molecular weight is 369 g/mol. The average Bonchev–Trinajstić information content (AvgIpc) is 2.55. The van der Waals surface area contributed by atoms with Gasteiger partial charge >= 0.3 is 0 Å². The SMILES string of the molecule is [B]P(C)O[C@H](C=C)[C@@H](OC)[C@@H](C(=O)N(C)OC)/C(C)=C/CCC(C)C. The van der Waals surface area contributed by atoms with Gasteiger partial charge in [-0.25, -0.2) is 5.06 Å². The number of hydroxylamine groups is 2. The van der Waals surface area contributed by atoms with Crippen LogP contribution >= 0.6 is 8.03 Å². The van der Waals surface area contributed by atoms with Crippen LogP contribution < -0.4 is 0 Å². The maximum atomic E-state index is 12.9. The number of hydrogen-bond donors (Lipinski definition) is 0. The van der Waals surface area contributed by atoms with E-state index in [1.807, 2.05) is 6.92 Å². The van der Waals surface area contributed by atoms with E-state index in [9.17, 15) is 4.79 Å². The molecule has 4 atom stereocenters. The molecule has 1 unspecified atom stereocenters. The Morgan fingerprint density at radius 2 is 1.96 bits per heavy atom. The summed E-state index contributed by atoms with van der Waals surface area (Å²) in [6, 6.07) is 0. The minimum absolute atomic E-state index is 0.194. The molecule has 0 aliphatic carbocycles. The van der Waals surface area contributed by atoms with Crippen LogP contribution in [-0.2, 0) is 18.9 Å². The zero-order valence-electron chi connectivity index (χ0n) is 16.7. The molecular weight excluding hydrogens is 336 g/mol. The number of allylic oxidation sites excluding steroid dienone is 1. The van der Waals surface area contributed by atoms with Gasteiger partial charge in [0.05, 0.1) is 13.0 Å². The molecule has 0 saturated carbocycles. The molecule has 0 heterocycles. The lowest BCUT2D eigenvalue weighted by Crippen LogP contribution is -2.45. The van der Waals surface area contributed by atoms with Gasteiger partial charge in [-0.2, -0.15) is 0 Å². The van der Waals surface area contributed by atoms with Gasteiger partial charge in [-0.3, -0.25) is 9.63 Å². The van der Waals surface area contributed by atoms with Crippen LogP contribution in [0.2, 0.25) is 0 Å². The number of carbonyl (C=O) groups is 1. The third-order valence-electron chi connectivity index (χ3n) is 4.00. The Kier molecular flexibility index (Phi) is 12.3. The molecule has 0 aromatic rings. The van der Waals surface area contributed by atoms with E-state index in [2.05, 4.69) is 26.5 Å². The minimum atomic E-state index is -1.11. The molecule has 0 aliphatic rings. The molecule has 7 heteroatoms. The van der Waals surface area contributed by atoms with Crippen LogP contribution in [0.5, 0.6) is 0 Å². The molecule has 0 aliphatic heterocycles. The number of ether oxygens (including phenoxy) is 1. The molecule has 25 heavy (non-hydrogen) atoms. The Labute approximate surface area is 155 Å². The number of carbonyl (C=O) groups excluding carboxylic acids is 1. The minimum Gasteiger partial charge on any atom is -0.377 e. The third kappa shape index (κ3) is 8.50. The molecule has 0 bridgehead atoms. The van der Waals surface area contributed by atoms with E-state index in [4.69, 9.17) is 21.7 Å². The first-order valence-electron chi connectivity index (χ1n) is 8.48. The van der Waals surface area contributed by atoms with Crippen molar-refractivity contribution in [1.82, 2.24) is 5.06 Å². The normalized spacial score (nSPS) is 17.0. The van der Waals surface area contributed by atoms with Crippen molar-refractivity contribution in [2.24, 2.45) is 11.8 Å². The summed E-state index contributed by atoms with van der Waals surface area (Å²) in [5, 5.41) is 1.22. The summed E-state index contributed by atoms with van der Waals surface area (Å²) in [7, 11) is 9.31. The van der Waals surface area contributed by atoms with Gasteiger partial charge in [-0.05, 0) is 40.4 Å². The van der Waals surface area contributed by atoms with Gasteiger partial charge in [-0.15, -0.1) is 6.58 Å². The highest BCUT2D eigenvalue weighted by molar-refractivity contribution is 7.77. The molecule has 0 rings (SSSR count). The van der Waals surface area contributed by atoms with Gasteiger partial charge in [0.25, 0.3) is 5.91 Å². The fourth-order valence-electron chi connectivity index (χ4n) is 2.54. The molecular formula is C18H33BNO4P. The van der Waals surface area contributed by atoms with Crippen LogP contribution in [0.15, 0.2) is 24.3 Å². The summed E-state index contributed by atoms with van der Waals surface area (Å²) in [4.78, 5) is 18.0. The lowest BCUT2D eigenvalue weighted by Gasteiger charge is -2.33. The quantitative estimate of drug-likeness (QED) is 0.228. The fourth-order valence-corrected chi connectivity index (χ4v) is 3.13. The van der Waals surface area contributed by atoms with Crippen molar-refractivity contribution in [3.63, 3.8) is 0 Å². The van der Waals surface area contributed by atoms with Crippen LogP contribution in [0.3, 0.4) is 0 Å². The highest BCUT2D eigenvalue weighted by atomic mass is 31.1. The van der Waals surface area contributed by atoms with Gasteiger partial charge in [0, 0.05) is 14.2 Å². The third-order valence-corrected chi connectivity index (χ3v) is 4.57. The van der Waals surface area contributed by atoms with E-state index in [0.29, 0.717) is 5.92 Å². The van der Waals surface area contributed by atoms with E-state index >= 15 is 0 Å². The summed E-state index contributed by atoms with van der Waals surface area (Å²) < 4.78 is 11.4. The molecule has 0 saturated heterocycles. The van der Waals surface area contributed by atoms with Gasteiger partial charge in [0.2, 0.25) is 0 Å². The Hall–Kier alpha value is -0.675. The van der Waals surface area contributed by atoms with E-state index in [-0.39, 0.29) is 5.91 Å². The zero-order chi connectivity index (χ0) is 19.6. The second kappa shape index (κ2) is 12.6. The van der Waals surface area contributed by atoms with Crippen molar-refractivity contribution in [3.8, 4) is 0 Å². The van der Waals surface area contributed by atoms with Crippen molar-refractivity contribution in [2.45, 2.75) is 45.8 Å². The first kappa shape index (κ1) is 24.3. The lowest BCUT2D eigenvalue weighted by atomic mass is 9.88. The molecule has 1 amide bonds. The molecule has 0 N–H and O–H groups in total. The Morgan fingerprint density at radius 3 is 2.36 bits per heavy atom. The molecule has 0 spiro atoms. The molecule has 0 aromatic heterocycles. The van der Waals surface area contributed by atoms with Crippen molar-refractivity contribution in [1.29, 1.82) is 0 Å². The van der Waals surface area contributed by atoms with E-state index < -0.39 is 26.2 Å². The summed E-state index contributed by atoms with van der Waals surface area (Å²) in [5.74, 6) is -0.135. The van der Waals surface area contributed by atoms with Crippen LogP contribution in [0, 0.1) is 11.8 Å². The van der Waals surface area contributed by atoms with Crippen LogP contribution in [-0.4, -0.2) is 58.7 Å². The predicted octanol–water partition coefficient (Wildman–Crippen LogP) is 3.70. The summed E-state index contributed by atoms with van der Waals surface area (Å²) in [6.45, 7) is 11.9. The Balaban J connectivity index is 5.65. The van der Waals surface area contributed by atoms with Crippen LogP contribution in [0.25, 0.3) is 0 Å². The van der Waals surface area contributed by atoms with Crippen molar-refractivity contribution in [3.05, 3.63) is 24.3 Å². The summed E-state index contributed by atoms with van der Waals surface area (Å²) >= 11 is 0. The number of methoxy groups -OCH3 is 1. The standard InChI is InChI=1S/C18H33BNO4P/c1-9-15(24-25(8)19)17(22-6)16(18(21)20(5)23-7)14(4)12-10-11-13(2)3/h9,12-13,15-17H,1,10-11H2,2-8H3/b14-12+/t15-,16+,17-,25?/m1/s1. The predicted molar refractivity (Wildman–Crippen MR) is 106 cm³/mol. The highest BCUT2D eigenvalue weighted by Crippen LogP contribution is 2.33. The van der Waals surface area contributed by atoms with Gasteiger partial charge < -0.3 is 9.26 Å². The number of rotatable bonds is 12. The van der Waals surface area contributed by atoms with Crippen molar-refractivity contribution < 1.29 is 18.9 Å². The Bertz CT molecular complexity index is 443.